The number of aliphatic hydroxyl groups excluding tert-OH is 1. The summed E-state index contributed by atoms with van der Waals surface area (Å²) in [6.45, 7) is 2.49. The van der Waals surface area contributed by atoms with Crippen LogP contribution >= 0.6 is 0 Å². The maximum absolute atomic E-state index is 13.5. The molecule has 1 heterocycles. The number of benzene rings is 3. The smallest absolute Gasteiger partial charge is 0.337 e. The number of aliphatic hydroxyl groups is 1. The molecule has 1 aliphatic rings. The van der Waals surface area contributed by atoms with Crippen LogP contribution in [-0.4, -0.2) is 50.6 Å². The second-order valence-electron chi connectivity index (χ2n) is 9.07. The fourth-order valence-electron chi connectivity index (χ4n) is 4.38. The quantitative estimate of drug-likeness (QED) is 0.197. The van der Waals surface area contributed by atoms with E-state index in [1.807, 2.05) is 50.2 Å². The van der Waals surface area contributed by atoms with Crippen molar-refractivity contribution in [3.63, 3.8) is 0 Å². The van der Waals surface area contributed by atoms with E-state index in [9.17, 15) is 19.5 Å². The van der Waals surface area contributed by atoms with Gasteiger partial charge in [0.05, 0.1) is 30.9 Å². The normalized spacial score (nSPS) is 16.4. The van der Waals surface area contributed by atoms with Gasteiger partial charge in [-0.05, 0) is 54.4 Å². The Balaban J connectivity index is 1.89. The Labute approximate surface area is 221 Å². The van der Waals surface area contributed by atoms with Crippen LogP contribution in [0.15, 0.2) is 78.4 Å². The van der Waals surface area contributed by atoms with Crippen LogP contribution in [0.2, 0.25) is 0 Å². The molecule has 0 saturated carbocycles. The minimum Gasteiger partial charge on any atom is -0.507 e. The summed E-state index contributed by atoms with van der Waals surface area (Å²) in [6.07, 6.45) is 0.814. The van der Waals surface area contributed by atoms with Crippen LogP contribution in [-0.2, 0) is 14.3 Å². The number of ether oxygens (including phenoxy) is 2. The molecule has 3 aromatic rings. The maximum Gasteiger partial charge on any atom is 0.337 e. The molecule has 1 N–H and O–H groups in total. The Kier molecular flexibility index (Phi) is 7.81. The van der Waals surface area contributed by atoms with Crippen LogP contribution < -0.4 is 14.5 Å². The molecule has 38 heavy (non-hydrogen) atoms. The number of rotatable bonds is 8. The van der Waals surface area contributed by atoms with Crippen molar-refractivity contribution < 1.29 is 29.0 Å². The topological polar surface area (TPSA) is 96.4 Å². The van der Waals surface area contributed by atoms with Crippen molar-refractivity contribution >= 4 is 34.8 Å². The van der Waals surface area contributed by atoms with E-state index in [4.69, 9.17) is 9.47 Å². The summed E-state index contributed by atoms with van der Waals surface area (Å²) in [4.78, 5) is 42.3. The highest BCUT2D eigenvalue weighted by atomic mass is 16.5. The minimum atomic E-state index is -0.931. The first-order valence-corrected chi connectivity index (χ1v) is 12.3. The van der Waals surface area contributed by atoms with Crippen LogP contribution in [0.1, 0.15) is 40.9 Å². The Morgan fingerprint density at radius 2 is 1.66 bits per heavy atom. The van der Waals surface area contributed by atoms with E-state index < -0.39 is 23.7 Å². The van der Waals surface area contributed by atoms with Gasteiger partial charge in [0, 0.05) is 31.0 Å². The van der Waals surface area contributed by atoms with Gasteiger partial charge >= 0.3 is 5.97 Å². The molecule has 0 aromatic heterocycles. The molecule has 196 valence electrons. The second kappa shape index (κ2) is 11.2. The molecule has 0 bridgehead atoms. The molecular formula is C30H30N2O6. The summed E-state index contributed by atoms with van der Waals surface area (Å²) in [5.41, 5.74) is 2.42. The summed E-state index contributed by atoms with van der Waals surface area (Å²) in [5.74, 6) is -1.97. The molecule has 1 atom stereocenters. The lowest BCUT2D eigenvalue weighted by Gasteiger charge is -2.26. The Morgan fingerprint density at radius 3 is 2.32 bits per heavy atom. The van der Waals surface area contributed by atoms with Crippen LogP contribution in [0.3, 0.4) is 0 Å². The van der Waals surface area contributed by atoms with Crippen LogP contribution in [0.5, 0.6) is 5.75 Å². The summed E-state index contributed by atoms with van der Waals surface area (Å²) in [7, 11) is 5.09. The van der Waals surface area contributed by atoms with Gasteiger partial charge in [-0.15, -0.1) is 0 Å². The highest BCUT2D eigenvalue weighted by molar-refractivity contribution is 6.51. The number of carbonyl (C=O) groups is 3. The first kappa shape index (κ1) is 26.5. The number of Topliss-reactive ketones (excluding diaryl/α,β-unsaturated/α-hetero) is 1. The number of hydrogen-bond acceptors (Lipinski definition) is 7. The summed E-state index contributed by atoms with van der Waals surface area (Å²) >= 11 is 0. The van der Waals surface area contributed by atoms with E-state index in [1.165, 1.54) is 18.1 Å². The number of nitrogens with zero attached hydrogens (tertiary/aromatic N) is 2. The summed E-state index contributed by atoms with van der Waals surface area (Å²) in [6, 6.07) is 19.5. The summed E-state index contributed by atoms with van der Waals surface area (Å²) in [5, 5.41) is 11.4. The van der Waals surface area contributed by atoms with Gasteiger partial charge in [0.25, 0.3) is 11.7 Å². The zero-order valence-corrected chi connectivity index (χ0v) is 21.8. The lowest BCUT2D eigenvalue weighted by Crippen LogP contribution is -2.29. The maximum atomic E-state index is 13.5. The highest BCUT2D eigenvalue weighted by Gasteiger charge is 2.47. The number of hydrogen-bond donors (Lipinski definition) is 1. The van der Waals surface area contributed by atoms with Crippen LogP contribution in [0, 0.1) is 0 Å². The molecule has 0 aliphatic carbocycles. The molecule has 1 amide bonds. The van der Waals surface area contributed by atoms with Gasteiger partial charge in [-0.2, -0.15) is 0 Å². The molecule has 4 rings (SSSR count). The van der Waals surface area contributed by atoms with Gasteiger partial charge in [-0.3, -0.25) is 14.5 Å². The number of amides is 1. The third-order valence-electron chi connectivity index (χ3n) is 6.30. The van der Waals surface area contributed by atoms with Crippen molar-refractivity contribution in [3.8, 4) is 5.75 Å². The third-order valence-corrected chi connectivity index (χ3v) is 6.30. The predicted octanol–water partition coefficient (Wildman–Crippen LogP) is 4.95. The molecule has 1 aliphatic heterocycles. The van der Waals surface area contributed by atoms with E-state index in [0.29, 0.717) is 29.2 Å². The Morgan fingerprint density at radius 1 is 0.974 bits per heavy atom. The molecule has 1 unspecified atom stereocenters. The van der Waals surface area contributed by atoms with E-state index in [0.717, 1.165) is 12.1 Å². The van der Waals surface area contributed by atoms with Gasteiger partial charge in [-0.1, -0.05) is 37.3 Å². The minimum absolute atomic E-state index is 0.0521. The average Bonchev–Trinajstić information content (AvgIpc) is 3.21. The average molecular weight is 515 g/mol. The van der Waals surface area contributed by atoms with Crippen LogP contribution in [0.4, 0.5) is 11.4 Å². The Hall–Kier alpha value is -4.59. The molecular weight excluding hydrogens is 484 g/mol. The molecule has 0 radical (unpaired) electrons. The van der Waals surface area contributed by atoms with Crippen molar-refractivity contribution in [2.24, 2.45) is 0 Å². The number of methoxy groups -OCH3 is 1. The van der Waals surface area contributed by atoms with Gasteiger partial charge in [0.2, 0.25) is 0 Å². The van der Waals surface area contributed by atoms with E-state index >= 15 is 0 Å². The van der Waals surface area contributed by atoms with Gasteiger partial charge in [-0.25, -0.2) is 4.79 Å². The zero-order valence-electron chi connectivity index (χ0n) is 21.8. The fourth-order valence-corrected chi connectivity index (χ4v) is 4.38. The monoisotopic (exact) mass is 514 g/mol. The molecule has 1 saturated heterocycles. The fraction of sp³-hybridized carbons (Fsp3) is 0.233. The number of anilines is 2. The van der Waals surface area contributed by atoms with Crippen molar-refractivity contribution in [1.82, 2.24) is 0 Å². The predicted molar refractivity (Wildman–Crippen MR) is 146 cm³/mol. The van der Waals surface area contributed by atoms with Gasteiger partial charge in [0.1, 0.15) is 11.5 Å². The SMILES string of the molecule is CCCOc1cccc(/C(O)=C2\C(=O)C(=O)N(c3cccc(C(=O)OC)c3)C2c2ccc(N(C)C)cc2)c1. The van der Waals surface area contributed by atoms with Crippen molar-refractivity contribution in [2.45, 2.75) is 19.4 Å². The zero-order chi connectivity index (χ0) is 27.4. The number of esters is 1. The van der Waals surface area contributed by atoms with Crippen molar-refractivity contribution in [3.05, 3.63) is 95.1 Å². The largest absolute Gasteiger partial charge is 0.507 e. The van der Waals surface area contributed by atoms with E-state index in [-0.39, 0.29) is 16.9 Å². The standard InChI is InChI=1S/C30H30N2O6/c1-5-16-38-24-11-7-8-20(18-24)27(33)25-26(19-12-14-22(15-13-19)31(2)3)32(29(35)28(25)34)23-10-6-9-21(17-23)30(36)37-4/h6-15,17-18,26,33H,5,16H2,1-4H3/b27-25+. The molecule has 3 aromatic carbocycles. The molecule has 8 nitrogen and oxygen atoms in total. The number of carbonyl (C=O) groups excluding carboxylic acids is 3. The van der Waals surface area contributed by atoms with Crippen molar-refractivity contribution in [1.29, 1.82) is 0 Å². The van der Waals surface area contributed by atoms with E-state index in [1.54, 1.807) is 42.5 Å². The lowest BCUT2D eigenvalue weighted by atomic mass is 9.94. The molecule has 0 spiro atoms. The number of ketones is 1. The first-order chi connectivity index (χ1) is 18.3. The van der Waals surface area contributed by atoms with Crippen molar-refractivity contribution in [2.75, 3.05) is 37.6 Å². The van der Waals surface area contributed by atoms with Crippen LogP contribution in [0.25, 0.3) is 5.76 Å². The molecule has 8 heteroatoms. The lowest BCUT2D eigenvalue weighted by molar-refractivity contribution is -0.132. The summed E-state index contributed by atoms with van der Waals surface area (Å²) < 4.78 is 10.5. The Bertz CT molecular complexity index is 1390. The van der Waals surface area contributed by atoms with E-state index in [2.05, 4.69) is 0 Å². The van der Waals surface area contributed by atoms with Gasteiger partial charge < -0.3 is 19.5 Å². The first-order valence-electron chi connectivity index (χ1n) is 12.3. The second-order valence-corrected chi connectivity index (χ2v) is 9.07. The highest BCUT2D eigenvalue weighted by Crippen LogP contribution is 2.43. The van der Waals surface area contributed by atoms with Gasteiger partial charge in [0.15, 0.2) is 0 Å². The molecule has 1 fully saturated rings. The third kappa shape index (κ3) is 5.11.